The monoisotopic (exact) mass is 675 g/mol. The molecule has 3 aromatic rings. The summed E-state index contributed by atoms with van der Waals surface area (Å²) in [4.78, 5) is 27.0. The summed E-state index contributed by atoms with van der Waals surface area (Å²) in [7, 11) is 5.84. The lowest BCUT2D eigenvalue weighted by Gasteiger charge is -2.38. The number of likely N-dealkylation sites (tertiary alicyclic amines) is 1. The van der Waals surface area contributed by atoms with Crippen molar-refractivity contribution < 1.29 is 19.0 Å². The molecule has 0 radical (unpaired) electrons. The van der Waals surface area contributed by atoms with Crippen LogP contribution in [0.15, 0.2) is 36.7 Å². The van der Waals surface area contributed by atoms with Crippen LogP contribution in [-0.2, 0) is 29.4 Å². The zero-order chi connectivity index (χ0) is 34.5. The first-order valence-electron chi connectivity index (χ1n) is 18.3. The van der Waals surface area contributed by atoms with Gasteiger partial charge in [-0.3, -0.25) is 9.48 Å². The molecule has 3 heterocycles. The summed E-state index contributed by atoms with van der Waals surface area (Å²) in [6.45, 7) is 5.83. The first-order chi connectivity index (χ1) is 23.7. The third-order valence-electron chi connectivity index (χ3n) is 11.4. The van der Waals surface area contributed by atoms with Crippen LogP contribution in [0.25, 0.3) is 0 Å². The highest BCUT2D eigenvalue weighted by Gasteiger charge is 2.34. The maximum Gasteiger partial charge on any atom is 0.306 e. The highest BCUT2D eigenvalue weighted by Crippen LogP contribution is 2.39. The molecule has 49 heavy (non-hydrogen) atoms. The van der Waals surface area contributed by atoms with Crippen molar-refractivity contribution in [1.29, 1.82) is 0 Å². The van der Waals surface area contributed by atoms with E-state index in [4.69, 9.17) is 14.7 Å². The summed E-state index contributed by atoms with van der Waals surface area (Å²) in [5.41, 5.74) is 4.29. The van der Waals surface area contributed by atoms with Gasteiger partial charge in [0.2, 0.25) is 5.95 Å². The van der Waals surface area contributed by atoms with Gasteiger partial charge in [0.15, 0.2) is 0 Å². The number of halogens is 1. The standard InChI is InChI=1S/C38H54FN7O3/c1-5-35(26-11-13-27(14-12-26)37(47)48)45(3)38-42-33-16-15-29(28-9-6-10-31(39)18-28)19-32(33)36(43-38)41-34(30-20-40-44(2)22-30)23-46-17-7-8-25(21-46)24-49-4/h6,9-10,18,20,22,25-27,29,34-35H,5,7-8,11-17,19,21,23-24H2,1-4H3,(H,47,48)(H,41,42,43)/t25-,26?,27?,29+,34-,35+/m0/s1. The van der Waals surface area contributed by atoms with E-state index in [0.29, 0.717) is 17.8 Å². The van der Waals surface area contributed by atoms with Crippen LogP contribution < -0.4 is 10.2 Å². The van der Waals surface area contributed by atoms with Gasteiger partial charge < -0.3 is 25.0 Å². The van der Waals surface area contributed by atoms with Crippen molar-refractivity contribution in [2.75, 3.05) is 50.6 Å². The lowest BCUT2D eigenvalue weighted by molar-refractivity contribution is -0.143. The fraction of sp³-hybridized carbons (Fsp3) is 0.632. The second-order valence-corrected chi connectivity index (χ2v) is 14.7. The molecule has 6 rings (SSSR count). The number of hydrogen-bond acceptors (Lipinski definition) is 8. The number of anilines is 2. The normalized spacial score (nSPS) is 24.2. The number of carboxylic acid groups (broad SMARTS) is 1. The third-order valence-corrected chi connectivity index (χ3v) is 11.4. The van der Waals surface area contributed by atoms with Gasteiger partial charge in [0.05, 0.1) is 30.5 Å². The number of nitrogens with zero attached hydrogens (tertiary/aromatic N) is 6. The summed E-state index contributed by atoms with van der Waals surface area (Å²) >= 11 is 0. The number of hydrogen-bond donors (Lipinski definition) is 2. The lowest BCUT2D eigenvalue weighted by Crippen LogP contribution is -2.41. The van der Waals surface area contributed by atoms with Crippen LogP contribution in [-0.4, -0.2) is 82.2 Å². The maximum absolute atomic E-state index is 14.3. The number of aliphatic carboxylic acids is 1. The Balaban J connectivity index is 1.33. The Kier molecular flexibility index (Phi) is 11.5. The van der Waals surface area contributed by atoms with Gasteiger partial charge >= 0.3 is 5.97 Å². The van der Waals surface area contributed by atoms with Crippen LogP contribution in [0.5, 0.6) is 0 Å². The van der Waals surface area contributed by atoms with Crippen molar-refractivity contribution in [1.82, 2.24) is 24.6 Å². The fourth-order valence-corrected chi connectivity index (χ4v) is 8.71. The molecule has 3 aliphatic rings. The topological polar surface area (TPSA) is 109 Å². The minimum Gasteiger partial charge on any atom is -0.481 e. The van der Waals surface area contributed by atoms with Gasteiger partial charge in [-0.25, -0.2) is 9.37 Å². The number of fused-ring (bicyclic) bond motifs is 1. The quantitative estimate of drug-likeness (QED) is 0.218. The van der Waals surface area contributed by atoms with E-state index in [1.807, 2.05) is 24.0 Å². The number of carboxylic acids is 1. The predicted molar refractivity (Wildman–Crippen MR) is 189 cm³/mol. The first kappa shape index (κ1) is 35.3. The zero-order valence-electron chi connectivity index (χ0n) is 29.7. The number of aryl methyl sites for hydroxylation is 2. The number of methoxy groups -OCH3 is 1. The molecule has 10 nitrogen and oxygen atoms in total. The van der Waals surface area contributed by atoms with E-state index in [2.05, 4.69) is 40.4 Å². The van der Waals surface area contributed by atoms with E-state index in [0.717, 1.165) is 112 Å². The minimum atomic E-state index is -0.674. The van der Waals surface area contributed by atoms with E-state index >= 15 is 0 Å². The molecule has 1 aliphatic heterocycles. The number of piperidine rings is 1. The molecular formula is C38H54FN7O3. The molecule has 2 N–H and O–H groups in total. The Hall–Kier alpha value is -3.57. The molecule has 0 spiro atoms. The van der Waals surface area contributed by atoms with E-state index in [9.17, 15) is 14.3 Å². The average molecular weight is 676 g/mol. The summed E-state index contributed by atoms with van der Waals surface area (Å²) in [5, 5.41) is 18.0. The van der Waals surface area contributed by atoms with Crippen molar-refractivity contribution in [3.8, 4) is 0 Å². The molecule has 266 valence electrons. The van der Waals surface area contributed by atoms with Gasteiger partial charge in [-0.15, -0.1) is 0 Å². The molecule has 2 fully saturated rings. The number of rotatable bonds is 13. The predicted octanol–water partition coefficient (Wildman–Crippen LogP) is 6.24. The summed E-state index contributed by atoms with van der Waals surface area (Å²) in [6, 6.07) is 7.18. The summed E-state index contributed by atoms with van der Waals surface area (Å²) in [6.07, 6.45) is 13.0. The van der Waals surface area contributed by atoms with Gasteiger partial charge in [0, 0.05) is 57.7 Å². The van der Waals surface area contributed by atoms with Crippen molar-refractivity contribution in [2.24, 2.45) is 24.8 Å². The van der Waals surface area contributed by atoms with Crippen molar-refractivity contribution in [3.05, 3.63) is 64.9 Å². The Morgan fingerprint density at radius 1 is 1.18 bits per heavy atom. The van der Waals surface area contributed by atoms with Crippen LogP contribution in [0.1, 0.15) is 92.6 Å². The molecule has 1 aromatic carbocycles. The highest BCUT2D eigenvalue weighted by atomic mass is 19.1. The number of ether oxygens (including phenoxy) is 1. The highest BCUT2D eigenvalue weighted by molar-refractivity contribution is 5.70. The number of aromatic nitrogens is 4. The Labute approximate surface area is 290 Å². The minimum absolute atomic E-state index is 0.0463. The van der Waals surface area contributed by atoms with Crippen molar-refractivity contribution in [2.45, 2.75) is 89.1 Å². The smallest absolute Gasteiger partial charge is 0.306 e. The van der Waals surface area contributed by atoms with Crippen LogP contribution in [0.4, 0.5) is 16.2 Å². The Morgan fingerprint density at radius 3 is 2.69 bits per heavy atom. The largest absolute Gasteiger partial charge is 0.481 e. The van der Waals surface area contributed by atoms with Crippen LogP contribution >= 0.6 is 0 Å². The molecule has 11 heteroatoms. The summed E-state index contributed by atoms with van der Waals surface area (Å²) < 4.78 is 21.7. The van der Waals surface area contributed by atoms with Crippen LogP contribution in [0.2, 0.25) is 0 Å². The Morgan fingerprint density at radius 2 is 2.00 bits per heavy atom. The number of benzene rings is 1. The summed E-state index contributed by atoms with van der Waals surface area (Å²) in [5.74, 6) is 1.52. The van der Waals surface area contributed by atoms with E-state index in [1.165, 1.54) is 12.5 Å². The van der Waals surface area contributed by atoms with Crippen LogP contribution in [0, 0.1) is 23.6 Å². The molecule has 1 saturated heterocycles. The van der Waals surface area contributed by atoms with E-state index in [1.54, 1.807) is 19.2 Å². The average Bonchev–Trinajstić information content (AvgIpc) is 3.54. The first-order valence-corrected chi connectivity index (χ1v) is 18.3. The fourth-order valence-electron chi connectivity index (χ4n) is 8.71. The SMILES string of the molecule is CC[C@H](C1CCC(C(=O)O)CC1)N(C)c1nc2c(c(N[C@@H](CN3CCC[C@H](COC)C3)c3cnn(C)c3)n1)C[C@H](c1cccc(F)c1)CC2. The molecule has 0 amide bonds. The van der Waals surface area contributed by atoms with Gasteiger partial charge in [0.1, 0.15) is 11.6 Å². The van der Waals surface area contributed by atoms with E-state index < -0.39 is 5.97 Å². The molecule has 4 atom stereocenters. The Bertz CT molecular complexity index is 1560. The molecular weight excluding hydrogens is 621 g/mol. The molecule has 0 unspecified atom stereocenters. The number of nitrogens with one attached hydrogen (secondary N) is 1. The third kappa shape index (κ3) is 8.43. The molecule has 0 bridgehead atoms. The van der Waals surface area contributed by atoms with Crippen molar-refractivity contribution >= 4 is 17.7 Å². The lowest BCUT2D eigenvalue weighted by atomic mass is 9.77. The van der Waals surface area contributed by atoms with Gasteiger partial charge in [0.25, 0.3) is 0 Å². The second kappa shape index (κ2) is 16.0. The molecule has 2 aromatic heterocycles. The van der Waals surface area contributed by atoms with Crippen LogP contribution in [0.3, 0.4) is 0 Å². The molecule has 2 aliphatic carbocycles. The molecule has 1 saturated carbocycles. The zero-order valence-corrected chi connectivity index (χ0v) is 29.7. The number of carbonyl (C=O) groups is 1. The van der Waals surface area contributed by atoms with E-state index in [-0.39, 0.29) is 29.7 Å². The maximum atomic E-state index is 14.3. The van der Waals surface area contributed by atoms with Gasteiger partial charge in [-0.05, 0) is 106 Å². The second-order valence-electron chi connectivity index (χ2n) is 14.7. The van der Waals surface area contributed by atoms with Gasteiger partial charge in [-0.1, -0.05) is 19.1 Å². The van der Waals surface area contributed by atoms with Gasteiger partial charge in [-0.2, -0.15) is 10.1 Å². The van der Waals surface area contributed by atoms with Crippen molar-refractivity contribution in [3.63, 3.8) is 0 Å².